The molecule has 1 aliphatic carbocycles. The number of benzene rings is 1. The Hall–Kier alpha value is -3.34. The summed E-state index contributed by atoms with van der Waals surface area (Å²) >= 11 is 0. The number of aliphatic hydroxyl groups is 1. The van der Waals surface area contributed by atoms with Crippen molar-refractivity contribution in [3.8, 4) is 0 Å². The lowest BCUT2D eigenvalue weighted by atomic mass is 9.83. The molecule has 1 saturated heterocycles. The van der Waals surface area contributed by atoms with E-state index in [1.807, 2.05) is 19.3 Å². The number of piperidine rings is 1. The molecule has 0 atom stereocenters. The van der Waals surface area contributed by atoms with E-state index in [2.05, 4.69) is 30.7 Å². The number of oxime groups is 1. The zero-order chi connectivity index (χ0) is 28.0. The number of urea groups is 1. The molecule has 1 saturated carbocycles. The zero-order valence-electron chi connectivity index (χ0n) is 22.8. The Balaban J connectivity index is 1.24. The van der Waals surface area contributed by atoms with E-state index < -0.39 is 23.1 Å². The van der Waals surface area contributed by atoms with Crippen LogP contribution in [0.1, 0.15) is 69.4 Å². The van der Waals surface area contributed by atoms with Crippen molar-refractivity contribution in [2.24, 2.45) is 10.6 Å². The molecule has 0 unspecified atom stereocenters. The van der Waals surface area contributed by atoms with Gasteiger partial charge in [0.05, 0.1) is 11.4 Å². The van der Waals surface area contributed by atoms with E-state index in [-0.39, 0.29) is 30.9 Å². The van der Waals surface area contributed by atoms with Gasteiger partial charge in [0.2, 0.25) is 5.95 Å². The average Bonchev–Trinajstić information content (AvgIpc) is 2.94. The molecule has 2 amide bonds. The number of aliphatic hydroxyl groups excluding tert-OH is 1. The number of hydrogen-bond donors (Lipinski definition) is 3. The molecule has 1 aliphatic heterocycles. The number of amides is 2. The number of anilines is 2. The van der Waals surface area contributed by atoms with Gasteiger partial charge in [0.25, 0.3) is 0 Å². The second-order valence-corrected chi connectivity index (χ2v) is 11.3. The minimum Gasteiger partial charge on any atom is -0.396 e. The highest BCUT2D eigenvalue weighted by molar-refractivity contribution is 5.89. The predicted molar refractivity (Wildman–Crippen MR) is 146 cm³/mol. The number of nitrogens with one attached hydrogen (secondary N) is 2. The molecule has 0 bridgehead atoms. The molecule has 2 heterocycles. The largest absolute Gasteiger partial charge is 0.396 e. The lowest BCUT2D eigenvalue weighted by Gasteiger charge is -2.31. The summed E-state index contributed by atoms with van der Waals surface area (Å²) in [4.78, 5) is 28.9. The van der Waals surface area contributed by atoms with Crippen molar-refractivity contribution >= 4 is 23.4 Å². The molecule has 1 aromatic carbocycles. The Morgan fingerprint density at radius 2 is 1.79 bits per heavy atom. The van der Waals surface area contributed by atoms with Gasteiger partial charge in [-0.15, -0.1) is 0 Å². The molecule has 4 rings (SSSR count). The molecule has 0 radical (unpaired) electrons. The standard InChI is InChI=1S/C28H38F2N6O3/c1-18-14-31-26(32-15-18)36-10-8-21(9-11-36)39-35-20-6-4-19(5-7-20)22-12-24(30)25(13-23(22)29)34-27(38)33-16-28(2,3)17-37/h12-15,19,21,37H,4-11,16-17H2,1-3H3,(H2,33,34,38). The SMILES string of the molecule is Cc1cnc(N2CCC(ON=C3CCC(c4cc(F)c(NC(=O)NCC(C)(C)CO)cc4F)CC3)CC2)nc1. The monoisotopic (exact) mass is 544 g/mol. The molecule has 3 N–H and O–H groups in total. The molecular weight excluding hydrogens is 506 g/mol. The first-order valence-electron chi connectivity index (χ1n) is 13.5. The molecule has 9 nitrogen and oxygen atoms in total. The van der Waals surface area contributed by atoms with Gasteiger partial charge in [-0.2, -0.15) is 0 Å². The summed E-state index contributed by atoms with van der Waals surface area (Å²) < 4.78 is 29.7. The fourth-order valence-corrected chi connectivity index (χ4v) is 4.73. The highest BCUT2D eigenvalue weighted by Crippen LogP contribution is 2.35. The first kappa shape index (κ1) is 28.7. The van der Waals surface area contributed by atoms with Crippen LogP contribution in [0, 0.1) is 24.0 Å². The topological polar surface area (TPSA) is 112 Å². The van der Waals surface area contributed by atoms with Crippen LogP contribution in [0.4, 0.5) is 25.2 Å². The van der Waals surface area contributed by atoms with Gasteiger partial charge in [0, 0.05) is 63.0 Å². The summed E-state index contributed by atoms with van der Waals surface area (Å²) in [7, 11) is 0. The predicted octanol–water partition coefficient (Wildman–Crippen LogP) is 4.90. The average molecular weight is 545 g/mol. The van der Waals surface area contributed by atoms with Gasteiger partial charge in [-0.25, -0.2) is 23.5 Å². The van der Waals surface area contributed by atoms with E-state index in [9.17, 15) is 18.7 Å². The Morgan fingerprint density at radius 1 is 1.13 bits per heavy atom. The molecule has 11 heteroatoms. The summed E-state index contributed by atoms with van der Waals surface area (Å²) in [5, 5.41) is 18.6. The third-order valence-electron chi connectivity index (χ3n) is 7.32. The number of aryl methyl sites for hydroxylation is 1. The molecule has 1 aromatic heterocycles. The number of halogens is 2. The smallest absolute Gasteiger partial charge is 0.319 e. The Labute approximate surface area is 228 Å². The van der Waals surface area contributed by atoms with Crippen LogP contribution in [0.15, 0.2) is 29.7 Å². The molecule has 2 aromatic rings. The fourth-order valence-electron chi connectivity index (χ4n) is 4.73. The molecule has 0 spiro atoms. The number of hydrogen-bond acceptors (Lipinski definition) is 7. The number of carbonyl (C=O) groups excluding carboxylic acids is 1. The van der Waals surface area contributed by atoms with Crippen LogP contribution < -0.4 is 15.5 Å². The van der Waals surface area contributed by atoms with E-state index in [4.69, 9.17) is 4.84 Å². The van der Waals surface area contributed by atoms with Crippen LogP contribution in [0.25, 0.3) is 0 Å². The second-order valence-electron chi connectivity index (χ2n) is 11.3. The summed E-state index contributed by atoms with van der Waals surface area (Å²) in [5.74, 6) is -0.632. The number of aromatic nitrogens is 2. The lowest BCUT2D eigenvalue weighted by Crippen LogP contribution is -2.38. The maximum Gasteiger partial charge on any atom is 0.319 e. The maximum absolute atomic E-state index is 14.9. The Bertz CT molecular complexity index is 1160. The zero-order valence-corrected chi connectivity index (χ0v) is 22.8. The Kier molecular flexibility index (Phi) is 9.32. The number of carbonyl (C=O) groups is 1. The summed E-state index contributed by atoms with van der Waals surface area (Å²) in [6.45, 7) is 7.20. The van der Waals surface area contributed by atoms with Gasteiger partial charge in [0.1, 0.15) is 17.7 Å². The highest BCUT2D eigenvalue weighted by atomic mass is 19.1. The van der Waals surface area contributed by atoms with E-state index in [1.165, 1.54) is 6.07 Å². The van der Waals surface area contributed by atoms with Gasteiger partial charge >= 0.3 is 6.03 Å². The highest BCUT2D eigenvalue weighted by Gasteiger charge is 2.26. The normalized spacial score (nSPS) is 18.6. The quantitative estimate of drug-likeness (QED) is 0.408. The van der Waals surface area contributed by atoms with Crippen LogP contribution in [0.2, 0.25) is 0 Å². The van der Waals surface area contributed by atoms with E-state index in [1.54, 1.807) is 13.8 Å². The first-order chi connectivity index (χ1) is 18.6. The van der Waals surface area contributed by atoms with Crippen LogP contribution in [0.3, 0.4) is 0 Å². The van der Waals surface area contributed by atoms with Gasteiger partial charge in [-0.05, 0) is 55.7 Å². The lowest BCUT2D eigenvalue weighted by molar-refractivity contribution is 0.0406. The molecule has 39 heavy (non-hydrogen) atoms. The second kappa shape index (κ2) is 12.7. The first-order valence-corrected chi connectivity index (χ1v) is 13.5. The van der Waals surface area contributed by atoms with Gasteiger partial charge in [-0.3, -0.25) is 0 Å². The minimum atomic E-state index is -0.687. The van der Waals surface area contributed by atoms with Crippen LogP contribution in [0.5, 0.6) is 0 Å². The van der Waals surface area contributed by atoms with E-state index >= 15 is 0 Å². The summed E-state index contributed by atoms with van der Waals surface area (Å²) in [6, 6.07) is 1.55. The maximum atomic E-state index is 14.9. The number of nitrogens with zero attached hydrogens (tertiary/aromatic N) is 4. The van der Waals surface area contributed by atoms with Crippen molar-refractivity contribution in [2.45, 2.75) is 71.3 Å². The van der Waals surface area contributed by atoms with Crippen LogP contribution >= 0.6 is 0 Å². The van der Waals surface area contributed by atoms with Crippen molar-refractivity contribution in [2.75, 3.05) is 36.5 Å². The van der Waals surface area contributed by atoms with Gasteiger partial charge in [-0.1, -0.05) is 19.0 Å². The van der Waals surface area contributed by atoms with Gasteiger partial charge in [0.15, 0.2) is 0 Å². The van der Waals surface area contributed by atoms with Crippen LogP contribution in [-0.2, 0) is 4.84 Å². The van der Waals surface area contributed by atoms with E-state index in [0.29, 0.717) is 31.2 Å². The molecule has 2 aliphatic rings. The minimum absolute atomic E-state index is 0.0374. The number of rotatable bonds is 8. The fraction of sp³-hybridized carbons (Fsp3) is 0.571. The molecule has 2 fully saturated rings. The Morgan fingerprint density at radius 3 is 2.44 bits per heavy atom. The third-order valence-corrected chi connectivity index (χ3v) is 7.32. The summed E-state index contributed by atoms with van der Waals surface area (Å²) in [5.41, 5.74) is 1.54. The van der Waals surface area contributed by atoms with Crippen molar-refractivity contribution in [3.63, 3.8) is 0 Å². The van der Waals surface area contributed by atoms with Crippen molar-refractivity contribution in [1.82, 2.24) is 15.3 Å². The van der Waals surface area contributed by atoms with Crippen LogP contribution in [-0.4, -0.2) is 59.2 Å². The van der Waals surface area contributed by atoms with Crippen molar-refractivity contribution in [1.29, 1.82) is 0 Å². The molecular formula is C28H38F2N6O3. The molecule has 212 valence electrons. The summed E-state index contributed by atoms with van der Waals surface area (Å²) in [6.07, 6.45) is 7.94. The van der Waals surface area contributed by atoms with Crippen molar-refractivity contribution in [3.05, 3.63) is 47.3 Å². The van der Waals surface area contributed by atoms with Crippen molar-refractivity contribution < 1.29 is 23.5 Å². The van der Waals surface area contributed by atoms with E-state index in [0.717, 1.165) is 49.2 Å². The third kappa shape index (κ3) is 7.84. The van der Waals surface area contributed by atoms with Gasteiger partial charge < -0.3 is 25.5 Å².